The average molecular weight is 423 g/mol. The molecule has 4 rings (SSSR count). The highest BCUT2D eigenvalue weighted by atomic mass is 32.1. The van der Waals surface area contributed by atoms with E-state index in [0.29, 0.717) is 17.8 Å². The Bertz CT molecular complexity index is 1050. The van der Waals surface area contributed by atoms with E-state index >= 15 is 0 Å². The summed E-state index contributed by atoms with van der Waals surface area (Å²) in [5, 5.41) is 4.88. The van der Waals surface area contributed by atoms with E-state index in [4.69, 9.17) is 0 Å². The van der Waals surface area contributed by atoms with E-state index in [2.05, 4.69) is 19.2 Å². The summed E-state index contributed by atoms with van der Waals surface area (Å²) < 4.78 is 13.3. The number of fused-ring (bicyclic) bond motifs is 1. The maximum atomic E-state index is 13.5. The lowest BCUT2D eigenvalue weighted by Crippen LogP contribution is -2.47. The van der Waals surface area contributed by atoms with Gasteiger partial charge in [0.1, 0.15) is 5.82 Å². The molecule has 0 unspecified atom stereocenters. The highest BCUT2D eigenvalue weighted by molar-refractivity contribution is 7.10. The molecule has 154 valence electrons. The van der Waals surface area contributed by atoms with E-state index in [-0.39, 0.29) is 23.5 Å². The first-order valence-corrected chi connectivity index (χ1v) is 10.8. The molecule has 1 N–H and O–H groups in total. The van der Waals surface area contributed by atoms with Crippen molar-refractivity contribution in [1.82, 2.24) is 4.90 Å². The minimum absolute atomic E-state index is 0.0523. The van der Waals surface area contributed by atoms with Crippen molar-refractivity contribution in [2.24, 2.45) is 5.92 Å². The van der Waals surface area contributed by atoms with Crippen LogP contribution in [-0.2, 0) is 4.79 Å². The number of amides is 2. The molecule has 1 aromatic heterocycles. The Morgan fingerprint density at radius 1 is 1.10 bits per heavy atom. The predicted octanol–water partition coefficient (Wildman–Crippen LogP) is 5.46. The summed E-state index contributed by atoms with van der Waals surface area (Å²) in [6.45, 7) is 4.68. The SMILES string of the molecule is CC(C)CN1C(=O)c2ccccc2[C@H](C(=O)Nc2ccc(F)cc2)[C@@H]1c1cccs1. The quantitative estimate of drug-likeness (QED) is 0.593. The molecule has 0 saturated heterocycles. The van der Waals surface area contributed by atoms with Crippen molar-refractivity contribution in [1.29, 1.82) is 0 Å². The van der Waals surface area contributed by atoms with Crippen LogP contribution in [0, 0.1) is 11.7 Å². The fraction of sp³-hybridized carbons (Fsp3) is 0.250. The maximum absolute atomic E-state index is 13.5. The van der Waals surface area contributed by atoms with E-state index in [9.17, 15) is 14.0 Å². The van der Waals surface area contributed by atoms with Crippen LogP contribution in [0.4, 0.5) is 10.1 Å². The van der Waals surface area contributed by atoms with Gasteiger partial charge in [0, 0.05) is 22.7 Å². The molecule has 30 heavy (non-hydrogen) atoms. The lowest BCUT2D eigenvalue weighted by Gasteiger charge is -2.42. The molecule has 1 aliphatic heterocycles. The second-order valence-corrected chi connectivity index (χ2v) is 8.85. The van der Waals surface area contributed by atoms with Gasteiger partial charge in [0.15, 0.2) is 0 Å². The molecule has 1 aliphatic rings. The third kappa shape index (κ3) is 3.87. The van der Waals surface area contributed by atoms with Crippen LogP contribution in [0.5, 0.6) is 0 Å². The van der Waals surface area contributed by atoms with Crippen LogP contribution in [0.3, 0.4) is 0 Å². The van der Waals surface area contributed by atoms with Crippen LogP contribution < -0.4 is 5.32 Å². The maximum Gasteiger partial charge on any atom is 0.254 e. The second-order valence-electron chi connectivity index (χ2n) is 7.87. The van der Waals surface area contributed by atoms with Crippen LogP contribution in [-0.4, -0.2) is 23.3 Å². The lowest BCUT2D eigenvalue weighted by molar-refractivity contribution is -0.119. The number of anilines is 1. The van der Waals surface area contributed by atoms with E-state index in [1.807, 2.05) is 40.6 Å². The summed E-state index contributed by atoms with van der Waals surface area (Å²) in [6, 6.07) is 16.6. The Hall–Kier alpha value is -2.99. The zero-order valence-corrected chi connectivity index (χ0v) is 17.7. The zero-order chi connectivity index (χ0) is 21.3. The van der Waals surface area contributed by atoms with E-state index in [1.54, 1.807) is 29.5 Å². The monoisotopic (exact) mass is 422 g/mol. The summed E-state index contributed by atoms with van der Waals surface area (Å²) in [7, 11) is 0. The molecule has 0 radical (unpaired) electrons. The topological polar surface area (TPSA) is 49.4 Å². The summed E-state index contributed by atoms with van der Waals surface area (Å²) in [6.07, 6.45) is 0. The van der Waals surface area contributed by atoms with E-state index in [0.717, 1.165) is 10.4 Å². The van der Waals surface area contributed by atoms with Crippen LogP contribution in [0.2, 0.25) is 0 Å². The molecule has 2 atom stereocenters. The van der Waals surface area contributed by atoms with E-state index < -0.39 is 12.0 Å². The molecule has 2 heterocycles. The highest BCUT2D eigenvalue weighted by Crippen LogP contribution is 2.44. The Balaban J connectivity index is 1.80. The van der Waals surface area contributed by atoms with Crippen molar-refractivity contribution in [2.45, 2.75) is 25.8 Å². The molecule has 0 bridgehead atoms. The van der Waals surface area contributed by atoms with Gasteiger partial charge < -0.3 is 10.2 Å². The Labute approximate surface area is 179 Å². The minimum atomic E-state index is -0.568. The molecule has 4 nitrogen and oxygen atoms in total. The third-order valence-electron chi connectivity index (χ3n) is 5.23. The van der Waals surface area contributed by atoms with Gasteiger partial charge in [-0.1, -0.05) is 38.1 Å². The van der Waals surface area contributed by atoms with Crippen molar-refractivity contribution in [2.75, 3.05) is 11.9 Å². The summed E-state index contributed by atoms with van der Waals surface area (Å²) in [5.74, 6) is -0.942. The number of nitrogens with zero attached hydrogens (tertiary/aromatic N) is 1. The minimum Gasteiger partial charge on any atom is -0.329 e. The van der Waals surface area contributed by atoms with Crippen molar-refractivity contribution >= 4 is 28.8 Å². The zero-order valence-electron chi connectivity index (χ0n) is 16.8. The molecule has 0 saturated carbocycles. The molecule has 0 fully saturated rings. The first-order valence-electron chi connectivity index (χ1n) is 9.95. The average Bonchev–Trinajstić information content (AvgIpc) is 3.25. The van der Waals surface area contributed by atoms with Gasteiger partial charge in [-0.2, -0.15) is 0 Å². The fourth-order valence-corrected chi connectivity index (χ4v) is 4.87. The fourth-order valence-electron chi connectivity index (χ4n) is 4.00. The summed E-state index contributed by atoms with van der Waals surface area (Å²) in [5.41, 5.74) is 1.81. The molecule has 3 aromatic rings. The first kappa shape index (κ1) is 20.3. The number of benzene rings is 2. The number of hydrogen-bond acceptors (Lipinski definition) is 3. The Morgan fingerprint density at radius 2 is 1.83 bits per heavy atom. The van der Waals surface area contributed by atoms with Crippen LogP contribution >= 0.6 is 11.3 Å². The molecule has 2 amide bonds. The molecule has 0 aliphatic carbocycles. The number of halogens is 1. The number of nitrogens with one attached hydrogen (secondary N) is 1. The number of thiophene rings is 1. The van der Waals surface area contributed by atoms with Crippen molar-refractivity contribution in [3.8, 4) is 0 Å². The Morgan fingerprint density at radius 3 is 2.50 bits per heavy atom. The van der Waals surface area contributed by atoms with Gasteiger partial charge in [-0.15, -0.1) is 11.3 Å². The van der Waals surface area contributed by atoms with Gasteiger partial charge in [-0.3, -0.25) is 9.59 Å². The number of rotatable bonds is 5. The predicted molar refractivity (Wildman–Crippen MR) is 117 cm³/mol. The van der Waals surface area contributed by atoms with Gasteiger partial charge in [0.05, 0.1) is 12.0 Å². The highest BCUT2D eigenvalue weighted by Gasteiger charge is 2.44. The third-order valence-corrected chi connectivity index (χ3v) is 6.17. The normalized spacial score (nSPS) is 18.4. The molecular formula is C24H23FN2O2S. The smallest absolute Gasteiger partial charge is 0.254 e. The van der Waals surface area contributed by atoms with Crippen molar-refractivity contribution < 1.29 is 14.0 Å². The standard InChI is InChI=1S/C24H23FN2O2S/c1-15(2)14-27-22(20-8-5-13-30-20)21(18-6-3-4-7-19(18)24(27)29)23(28)26-17-11-9-16(25)10-12-17/h3-13,15,21-22H,14H2,1-2H3,(H,26,28)/t21-,22-/m0/s1. The van der Waals surface area contributed by atoms with Gasteiger partial charge in [-0.25, -0.2) is 4.39 Å². The first-order chi connectivity index (χ1) is 14.5. The van der Waals surface area contributed by atoms with Crippen LogP contribution in [0.25, 0.3) is 0 Å². The second kappa shape index (κ2) is 8.40. The van der Waals surface area contributed by atoms with Crippen LogP contribution in [0.15, 0.2) is 66.0 Å². The largest absolute Gasteiger partial charge is 0.329 e. The summed E-state index contributed by atoms with van der Waals surface area (Å²) >= 11 is 1.54. The number of carbonyl (C=O) groups excluding carboxylic acids is 2. The molecular weight excluding hydrogens is 399 g/mol. The molecule has 2 aromatic carbocycles. The number of hydrogen-bond donors (Lipinski definition) is 1. The van der Waals surface area contributed by atoms with Crippen molar-refractivity contribution in [3.05, 3.63) is 87.9 Å². The Kier molecular flexibility index (Phi) is 5.68. The van der Waals surface area contributed by atoms with Crippen molar-refractivity contribution in [3.63, 3.8) is 0 Å². The number of carbonyl (C=O) groups is 2. The van der Waals surface area contributed by atoms with E-state index in [1.165, 1.54) is 12.1 Å². The summed E-state index contributed by atoms with van der Waals surface area (Å²) in [4.78, 5) is 29.7. The van der Waals surface area contributed by atoms with Gasteiger partial charge in [0.25, 0.3) is 5.91 Å². The van der Waals surface area contributed by atoms with Gasteiger partial charge >= 0.3 is 0 Å². The lowest BCUT2D eigenvalue weighted by atomic mass is 9.81. The van der Waals surface area contributed by atoms with Gasteiger partial charge in [0.2, 0.25) is 5.91 Å². The molecule has 6 heteroatoms. The van der Waals surface area contributed by atoms with Crippen LogP contribution in [0.1, 0.15) is 46.6 Å². The molecule has 0 spiro atoms. The van der Waals surface area contributed by atoms with Gasteiger partial charge in [-0.05, 0) is 53.3 Å².